The first-order valence-electron chi connectivity index (χ1n) is 25.4. The molecule has 14 heteroatoms. The summed E-state index contributed by atoms with van der Waals surface area (Å²) in [4.78, 5) is -0.435. The highest BCUT2D eigenvalue weighted by Crippen LogP contribution is 2.43. The van der Waals surface area contributed by atoms with Crippen molar-refractivity contribution in [2.75, 3.05) is 0 Å². The van der Waals surface area contributed by atoms with Crippen molar-refractivity contribution in [2.24, 2.45) is 0 Å². The molecule has 2 aromatic heterocycles. The van der Waals surface area contributed by atoms with E-state index >= 15 is 0 Å². The molecule has 80 heavy (non-hydrogen) atoms. The van der Waals surface area contributed by atoms with E-state index in [1.54, 1.807) is 72.8 Å². The van der Waals surface area contributed by atoms with Crippen molar-refractivity contribution in [1.29, 1.82) is 0 Å². The van der Waals surface area contributed by atoms with E-state index in [4.69, 9.17) is 0 Å². The zero-order chi connectivity index (χ0) is 55.0. The van der Waals surface area contributed by atoms with E-state index in [-0.39, 0.29) is 39.2 Å². The smallest absolute Gasteiger partial charge is 0.206 e. The predicted octanol–water partition coefficient (Wildman–Crippen LogP) is 14.5. The van der Waals surface area contributed by atoms with Gasteiger partial charge < -0.3 is 9.13 Å². The minimum atomic E-state index is -4.14. The molecule has 0 spiro atoms. The molecule has 0 radical (unpaired) electrons. The molecule has 0 unspecified atom stereocenters. The maximum Gasteiger partial charge on any atom is 0.206 e. The van der Waals surface area contributed by atoms with Gasteiger partial charge in [0.15, 0.2) is 0 Å². The monoisotopic (exact) mass is 1120 g/mol. The van der Waals surface area contributed by atoms with Crippen LogP contribution < -0.4 is 0 Å². The maximum absolute atomic E-state index is 14.2. The van der Waals surface area contributed by atoms with E-state index in [0.717, 1.165) is 55.0 Å². The standard InChI is InChI=1S/C66H44N2O8S4/c69-77(70,51-17-5-1-6-18-51)55-39-47(40-56(43-55)78(71,72)52-19-7-2-8-20-52)45-29-33-49(34-30-45)67-63-28-16-14-26-61(63)65-64(67)38-37-60-59-25-13-15-27-62(59)68(66(60)65)50-35-31-46(32-36-50)48-41-57(79(73,74)53-21-9-3-10-22-53)44-58(42-48)80(75,76)54-23-11-4-12-24-54/h1-44H. The Bertz CT molecular complexity index is 4900. The Morgan fingerprint density at radius 2 is 0.550 bits per heavy atom. The van der Waals surface area contributed by atoms with Gasteiger partial charge in [0.1, 0.15) is 0 Å². The molecule has 0 bridgehead atoms. The number of aromatic nitrogens is 2. The number of hydrogen-bond acceptors (Lipinski definition) is 8. The summed E-state index contributed by atoms with van der Waals surface area (Å²) < 4.78 is 118. The van der Waals surface area contributed by atoms with Crippen LogP contribution in [0.25, 0.3) is 77.2 Å². The summed E-state index contributed by atoms with van der Waals surface area (Å²) in [5.41, 5.74) is 7.36. The van der Waals surface area contributed by atoms with Crippen LogP contribution in [0.5, 0.6) is 0 Å². The summed E-state index contributed by atoms with van der Waals surface area (Å²) in [6, 6.07) is 76.2. The number of hydrogen-bond donors (Lipinski definition) is 0. The summed E-state index contributed by atoms with van der Waals surface area (Å²) in [5.74, 6) is 0. The van der Waals surface area contributed by atoms with Crippen molar-refractivity contribution < 1.29 is 33.7 Å². The third-order valence-corrected chi connectivity index (χ3v) is 21.6. The van der Waals surface area contributed by atoms with Crippen molar-refractivity contribution in [1.82, 2.24) is 9.13 Å². The van der Waals surface area contributed by atoms with E-state index in [1.165, 1.54) is 84.9 Å². The number of fused-ring (bicyclic) bond motifs is 7. The van der Waals surface area contributed by atoms with Crippen LogP contribution in [0.4, 0.5) is 0 Å². The summed E-state index contributed by atoms with van der Waals surface area (Å²) in [5, 5.41) is 3.99. The van der Waals surface area contributed by atoms with E-state index in [9.17, 15) is 33.7 Å². The average molecular weight is 1120 g/mol. The summed E-state index contributed by atoms with van der Waals surface area (Å²) >= 11 is 0. The Morgan fingerprint density at radius 1 is 0.225 bits per heavy atom. The van der Waals surface area contributed by atoms with Gasteiger partial charge in [0.05, 0.1) is 61.2 Å². The van der Waals surface area contributed by atoms with Crippen LogP contribution in [0, 0.1) is 0 Å². The highest BCUT2D eigenvalue weighted by molar-refractivity contribution is 7.93. The first kappa shape index (κ1) is 50.3. The second-order valence-corrected chi connectivity index (χ2v) is 27.1. The molecule has 10 nitrogen and oxygen atoms in total. The Balaban J connectivity index is 0.946. The Labute approximate surface area is 462 Å². The summed E-state index contributed by atoms with van der Waals surface area (Å²) in [7, 11) is -16.5. The van der Waals surface area contributed by atoms with E-state index < -0.39 is 39.3 Å². The van der Waals surface area contributed by atoms with Crippen molar-refractivity contribution in [3.8, 4) is 33.6 Å². The lowest BCUT2D eigenvalue weighted by Crippen LogP contribution is -2.07. The zero-order valence-corrected chi connectivity index (χ0v) is 45.5. The lowest BCUT2D eigenvalue weighted by molar-refractivity contribution is 0.591. The minimum absolute atomic E-state index is 0.0411. The van der Waals surface area contributed by atoms with Gasteiger partial charge in [0.25, 0.3) is 0 Å². The molecule has 0 atom stereocenters. The third-order valence-electron chi connectivity index (χ3n) is 14.6. The van der Waals surface area contributed by atoms with E-state index in [2.05, 4.69) is 45.5 Å². The van der Waals surface area contributed by atoms with Gasteiger partial charge in [-0.3, -0.25) is 0 Å². The average Bonchev–Trinajstić information content (AvgIpc) is 4.22. The largest absolute Gasteiger partial charge is 0.309 e. The van der Waals surface area contributed by atoms with Gasteiger partial charge in [-0.25, -0.2) is 33.7 Å². The predicted molar refractivity (Wildman–Crippen MR) is 314 cm³/mol. The van der Waals surface area contributed by atoms with E-state index in [1.807, 2.05) is 72.8 Å². The fourth-order valence-corrected chi connectivity index (χ4v) is 16.3. The van der Waals surface area contributed by atoms with Crippen LogP contribution in [0.2, 0.25) is 0 Å². The molecule has 0 saturated carbocycles. The van der Waals surface area contributed by atoms with Crippen LogP contribution in [-0.4, -0.2) is 42.8 Å². The lowest BCUT2D eigenvalue weighted by Gasteiger charge is -2.14. The molecule has 0 saturated heterocycles. The van der Waals surface area contributed by atoms with Gasteiger partial charge in [0, 0.05) is 32.9 Å². The SMILES string of the molecule is O=S(=O)(c1ccccc1)c1cc(-c2ccc(-n3c4ccccc4c4c3ccc3c5ccccc5n(-c5ccc(-c6cc(S(=O)(=O)c7ccccc7)cc(S(=O)(=O)c7ccccc7)c6)cc5)c34)cc2)cc(S(=O)(=O)c2ccccc2)c1. The summed E-state index contributed by atoms with van der Waals surface area (Å²) in [6.45, 7) is 0. The lowest BCUT2D eigenvalue weighted by atomic mass is 10.1. The fourth-order valence-electron chi connectivity index (χ4n) is 10.7. The second-order valence-electron chi connectivity index (χ2n) is 19.3. The van der Waals surface area contributed by atoms with Gasteiger partial charge >= 0.3 is 0 Å². The molecule has 0 aliphatic rings. The number of para-hydroxylation sites is 2. The third kappa shape index (κ3) is 8.43. The Kier molecular flexibility index (Phi) is 12.2. The molecule has 0 amide bonds. The zero-order valence-electron chi connectivity index (χ0n) is 42.2. The highest BCUT2D eigenvalue weighted by Gasteiger charge is 2.28. The quantitative estimate of drug-likeness (QED) is 0.117. The first-order valence-corrected chi connectivity index (χ1v) is 31.3. The first-order chi connectivity index (χ1) is 38.7. The molecular formula is C66H44N2O8S4. The molecular weight excluding hydrogens is 1080 g/mol. The Hall–Kier alpha value is -9.18. The molecule has 0 N–H and O–H groups in total. The van der Waals surface area contributed by atoms with Crippen molar-refractivity contribution in [3.63, 3.8) is 0 Å². The van der Waals surface area contributed by atoms with Crippen LogP contribution >= 0.6 is 0 Å². The van der Waals surface area contributed by atoms with E-state index in [0.29, 0.717) is 22.3 Å². The molecule has 0 fully saturated rings. The van der Waals surface area contributed by atoms with Crippen molar-refractivity contribution in [2.45, 2.75) is 39.2 Å². The van der Waals surface area contributed by atoms with Crippen LogP contribution in [0.15, 0.2) is 306 Å². The summed E-state index contributed by atoms with van der Waals surface area (Å²) in [6.07, 6.45) is 0. The molecule has 390 valence electrons. The highest BCUT2D eigenvalue weighted by atomic mass is 32.2. The second kappa shape index (κ2) is 19.3. The Morgan fingerprint density at radius 3 is 0.938 bits per heavy atom. The van der Waals surface area contributed by atoms with Crippen LogP contribution in [0.3, 0.4) is 0 Å². The number of sulfone groups is 4. The maximum atomic E-state index is 14.2. The molecule has 0 aliphatic carbocycles. The van der Waals surface area contributed by atoms with Gasteiger partial charge in [-0.2, -0.15) is 0 Å². The molecule has 13 rings (SSSR count). The minimum Gasteiger partial charge on any atom is -0.309 e. The molecule has 0 aliphatic heterocycles. The normalized spacial score (nSPS) is 12.4. The number of nitrogens with zero attached hydrogens (tertiary/aromatic N) is 2. The fraction of sp³-hybridized carbons (Fsp3) is 0. The van der Waals surface area contributed by atoms with Crippen LogP contribution in [-0.2, 0) is 39.3 Å². The van der Waals surface area contributed by atoms with Gasteiger partial charge in [-0.15, -0.1) is 0 Å². The van der Waals surface area contributed by atoms with Crippen molar-refractivity contribution >= 4 is 83.0 Å². The molecule has 2 heterocycles. The molecule has 13 aromatic rings. The van der Waals surface area contributed by atoms with Gasteiger partial charge in [-0.05, 0) is 150 Å². The van der Waals surface area contributed by atoms with Gasteiger partial charge in [0.2, 0.25) is 39.3 Å². The van der Waals surface area contributed by atoms with Gasteiger partial charge in [-0.1, -0.05) is 140 Å². The molecule has 11 aromatic carbocycles. The number of benzene rings is 11. The van der Waals surface area contributed by atoms with Crippen molar-refractivity contribution in [3.05, 3.63) is 267 Å². The van der Waals surface area contributed by atoms with Crippen LogP contribution in [0.1, 0.15) is 0 Å². The number of rotatable bonds is 12. The topological polar surface area (TPSA) is 146 Å².